The zero-order chi connectivity index (χ0) is 17.3. The molecule has 0 radical (unpaired) electrons. The van der Waals surface area contributed by atoms with E-state index in [1.54, 1.807) is 30.3 Å². The number of methoxy groups -OCH3 is 1. The number of carbonyl (C=O) groups excluding carboxylic acids is 1. The lowest BCUT2D eigenvalue weighted by Crippen LogP contribution is -2.09. The fourth-order valence-electron chi connectivity index (χ4n) is 3.09. The Kier molecular flexibility index (Phi) is 4.18. The number of carbonyl (C=O) groups is 1. The molecule has 0 aromatic heterocycles. The van der Waals surface area contributed by atoms with Crippen LogP contribution in [0.2, 0.25) is 0 Å². The van der Waals surface area contributed by atoms with Gasteiger partial charge in [-0.1, -0.05) is 12.1 Å². The molecule has 3 rings (SSSR count). The normalized spacial score (nSPS) is 13.2. The molecular formula is C20H16FNO2. The van der Waals surface area contributed by atoms with E-state index in [9.17, 15) is 9.18 Å². The third-order valence-corrected chi connectivity index (χ3v) is 4.31. The van der Waals surface area contributed by atoms with E-state index in [-0.39, 0.29) is 5.83 Å². The van der Waals surface area contributed by atoms with Crippen LogP contribution in [0.25, 0.3) is 5.57 Å². The third kappa shape index (κ3) is 2.69. The molecule has 0 amide bonds. The topological polar surface area (TPSA) is 50.1 Å². The van der Waals surface area contributed by atoms with Crippen molar-refractivity contribution in [3.05, 3.63) is 75.6 Å². The van der Waals surface area contributed by atoms with Crippen LogP contribution in [0.4, 0.5) is 4.39 Å². The van der Waals surface area contributed by atoms with Gasteiger partial charge < -0.3 is 4.74 Å². The summed E-state index contributed by atoms with van der Waals surface area (Å²) in [6.45, 7) is 1.86. The molecule has 120 valence electrons. The van der Waals surface area contributed by atoms with Crippen LogP contribution in [0.15, 0.2) is 42.2 Å². The molecule has 0 unspecified atom stereocenters. The maximum atomic E-state index is 14.7. The lowest BCUT2D eigenvalue weighted by Gasteiger charge is -2.22. The fraction of sp³-hybridized carbons (Fsp3) is 0.200. The van der Waals surface area contributed by atoms with E-state index in [1.165, 1.54) is 7.11 Å². The van der Waals surface area contributed by atoms with Crippen LogP contribution in [-0.2, 0) is 11.2 Å². The highest BCUT2D eigenvalue weighted by molar-refractivity contribution is 5.93. The number of benzene rings is 2. The summed E-state index contributed by atoms with van der Waals surface area (Å²) >= 11 is 0. The summed E-state index contributed by atoms with van der Waals surface area (Å²) in [5.74, 6) is -0.642. The zero-order valence-electron chi connectivity index (χ0n) is 13.5. The first-order chi connectivity index (χ1) is 11.5. The summed E-state index contributed by atoms with van der Waals surface area (Å²) in [6, 6.07) is 12.5. The van der Waals surface area contributed by atoms with Gasteiger partial charge in [-0.3, -0.25) is 0 Å². The predicted octanol–water partition coefficient (Wildman–Crippen LogP) is 4.33. The third-order valence-electron chi connectivity index (χ3n) is 4.31. The van der Waals surface area contributed by atoms with Crippen molar-refractivity contribution in [1.29, 1.82) is 5.26 Å². The molecule has 3 nitrogen and oxygen atoms in total. The Morgan fingerprint density at radius 2 is 1.96 bits per heavy atom. The van der Waals surface area contributed by atoms with Gasteiger partial charge in [0.1, 0.15) is 5.83 Å². The molecule has 0 atom stereocenters. The number of rotatable bonds is 2. The molecule has 0 saturated carbocycles. The van der Waals surface area contributed by atoms with Gasteiger partial charge in [0.15, 0.2) is 0 Å². The van der Waals surface area contributed by atoms with Gasteiger partial charge in [0.05, 0.1) is 24.3 Å². The summed E-state index contributed by atoms with van der Waals surface area (Å²) in [6.07, 6.45) is 0.931. The van der Waals surface area contributed by atoms with Crippen molar-refractivity contribution in [1.82, 2.24) is 0 Å². The molecule has 0 heterocycles. The molecule has 24 heavy (non-hydrogen) atoms. The Balaban J connectivity index is 2.19. The number of esters is 1. The van der Waals surface area contributed by atoms with E-state index in [1.807, 2.05) is 13.0 Å². The molecule has 1 aliphatic carbocycles. The lowest BCUT2D eigenvalue weighted by atomic mass is 9.83. The van der Waals surface area contributed by atoms with Gasteiger partial charge in [-0.25, -0.2) is 9.18 Å². The molecule has 0 aliphatic heterocycles. The summed E-state index contributed by atoms with van der Waals surface area (Å²) < 4.78 is 19.5. The van der Waals surface area contributed by atoms with Gasteiger partial charge in [0, 0.05) is 12.0 Å². The maximum Gasteiger partial charge on any atom is 0.337 e. The van der Waals surface area contributed by atoms with E-state index >= 15 is 0 Å². The number of fused-ring (bicyclic) bond motifs is 1. The van der Waals surface area contributed by atoms with Crippen molar-refractivity contribution in [3.8, 4) is 6.07 Å². The van der Waals surface area contributed by atoms with Crippen molar-refractivity contribution in [2.24, 2.45) is 0 Å². The quantitative estimate of drug-likeness (QED) is 0.774. The first kappa shape index (κ1) is 15.9. The molecule has 0 bridgehead atoms. The number of allylic oxidation sites excluding steroid dienone is 1. The SMILES string of the molecule is COC(=O)c1ccc2c(c1)C(c1ccc(C#N)cc1C)=C(F)CC2. The van der Waals surface area contributed by atoms with Gasteiger partial charge in [-0.05, 0) is 59.9 Å². The zero-order valence-corrected chi connectivity index (χ0v) is 13.5. The second-order valence-corrected chi connectivity index (χ2v) is 5.78. The van der Waals surface area contributed by atoms with Crippen LogP contribution in [-0.4, -0.2) is 13.1 Å². The Morgan fingerprint density at radius 1 is 1.17 bits per heavy atom. The van der Waals surface area contributed by atoms with Crippen LogP contribution in [0.3, 0.4) is 0 Å². The minimum atomic E-state index is -0.445. The Hall–Kier alpha value is -2.93. The molecule has 2 aromatic carbocycles. The summed E-state index contributed by atoms with van der Waals surface area (Å²) in [7, 11) is 1.32. The van der Waals surface area contributed by atoms with Crippen LogP contribution in [0.1, 0.15) is 44.6 Å². The monoisotopic (exact) mass is 321 g/mol. The molecule has 2 aromatic rings. The smallest absolute Gasteiger partial charge is 0.337 e. The summed E-state index contributed by atoms with van der Waals surface area (Å²) in [5, 5.41) is 9.01. The second kappa shape index (κ2) is 6.29. The van der Waals surface area contributed by atoms with E-state index < -0.39 is 5.97 Å². The molecule has 0 N–H and O–H groups in total. The maximum absolute atomic E-state index is 14.7. The minimum Gasteiger partial charge on any atom is -0.465 e. The minimum absolute atomic E-state index is 0.197. The average molecular weight is 321 g/mol. The number of aryl methyl sites for hydroxylation is 2. The van der Waals surface area contributed by atoms with Crippen molar-refractivity contribution in [3.63, 3.8) is 0 Å². The van der Waals surface area contributed by atoms with Gasteiger partial charge >= 0.3 is 5.97 Å². The Labute approximate surface area is 140 Å². The van der Waals surface area contributed by atoms with Crippen LogP contribution < -0.4 is 0 Å². The van der Waals surface area contributed by atoms with Crippen molar-refractivity contribution in [2.45, 2.75) is 19.8 Å². The first-order valence-electron chi connectivity index (χ1n) is 7.66. The standard InChI is InChI=1S/C20H16FNO2/c1-12-9-13(11-22)3-7-16(12)19-17-10-15(20(23)24-2)5-4-14(17)6-8-18(19)21/h3-5,7,9-10H,6,8H2,1-2H3. The first-order valence-corrected chi connectivity index (χ1v) is 7.66. The molecular weight excluding hydrogens is 305 g/mol. The Bertz CT molecular complexity index is 906. The Morgan fingerprint density at radius 3 is 2.62 bits per heavy atom. The molecule has 0 saturated heterocycles. The summed E-state index contributed by atoms with van der Waals surface area (Å²) in [5.41, 5.74) is 4.73. The fourth-order valence-corrected chi connectivity index (χ4v) is 3.09. The highest BCUT2D eigenvalue weighted by Gasteiger charge is 2.23. The van der Waals surface area contributed by atoms with E-state index in [0.29, 0.717) is 29.5 Å². The van der Waals surface area contributed by atoms with Crippen LogP contribution in [0, 0.1) is 18.3 Å². The highest BCUT2D eigenvalue weighted by atomic mass is 19.1. The molecule has 0 spiro atoms. The van der Waals surface area contributed by atoms with Gasteiger partial charge in [-0.15, -0.1) is 0 Å². The second-order valence-electron chi connectivity index (χ2n) is 5.78. The van der Waals surface area contributed by atoms with E-state index in [0.717, 1.165) is 22.3 Å². The van der Waals surface area contributed by atoms with Crippen molar-refractivity contribution in [2.75, 3.05) is 7.11 Å². The predicted molar refractivity (Wildman–Crippen MR) is 89.1 cm³/mol. The number of hydrogen-bond acceptors (Lipinski definition) is 3. The lowest BCUT2D eigenvalue weighted by molar-refractivity contribution is 0.0600. The summed E-state index contributed by atoms with van der Waals surface area (Å²) in [4.78, 5) is 11.8. The van der Waals surface area contributed by atoms with E-state index in [2.05, 4.69) is 6.07 Å². The molecule has 4 heteroatoms. The van der Waals surface area contributed by atoms with Crippen molar-refractivity contribution >= 4 is 11.5 Å². The van der Waals surface area contributed by atoms with Gasteiger partial charge in [0.25, 0.3) is 0 Å². The number of halogens is 1. The number of nitrogens with zero attached hydrogens (tertiary/aromatic N) is 1. The van der Waals surface area contributed by atoms with Gasteiger partial charge in [0.2, 0.25) is 0 Å². The molecule has 1 aliphatic rings. The van der Waals surface area contributed by atoms with E-state index in [4.69, 9.17) is 10.00 Å². The number of nitriles is 1. The van der Waals surface area contributed by atoms with Crippen molar-refractivity contribution < 1.29 is 13.9 Å². The van der Waals surface area contributed by atoms with Crippen LogP contribution in [0.5, 0.6) is 0 Å². The largest absolute Gasteiger partial charge is 0.465 e. The van der Waals surface area contributed by atoms with Gasteiger partial charge in [-0.2, -0.15) is 5.26 Å². The van der Waals surface area contributed by atoms with Crippen LogP contribution >= 0.6 is 0 Å². The number of ether oxygens (including phenoxy) is 1. The highest BCUT2D eigenvalue weighted by Crippen LogP contribution is 2.38. The molecule has 0 fully saturated rings. The average Bonchev–Trinajstić information content (AvgIpc) is 2.61. The number of hydrogen-bond donors (Lipinski definition) is 0.